The van der Waals surface area contributed by atoms with Gasteiger partial charge in [-0.3, -0.25) is 9.36 Å². The first-order valence-electron chi connectivity index (χ1n) is 5.38. The van der Waals surface area contributed by atoms with Crippen molar-refractivity contribution in [1.82, 2.24) is 9.55 Å². The second kappa shape index (κ2) is 4.44. The topological polar surface area (TPSA) is 72.2 Å². The lowest BCUT2D eigenvalue weighted by Gasteiger charge is -2.05. The molecule has 92 valence electrons. The van der Waals surface area contributed by atoms with E-state index in [1.54, 1.807) is 6.07 Å². The van der Waals surface area contributed by atoms with E-state index in [4.69, 9.17) is 5.11 Å². The third-order valence-corrected chi connectivity index (χ3v) is 2.60. The number of rotatable bonds is 2. The summed E-state index contributed by atoms with van der Waals surface area (Å²) in [5, 5.41) is 9.04. The minimum Gasteiger partial charge on any atom is -0.478 e. The van der Waals surface area contributed by atoms with Crippen molar-refractivity contribution in [2.24, 2.45) is 0 Å². The van der Waals surface area contributed by atoms with Crippen molar-refractivity contribution in [3.05, 3.63) is 46.0 Å². The molecule has 2 rings (SSSR count). The zero-order valence-corrected chi connectivity index (χ0v) is 10.0. The molecule has 0 spiro atoms. The van der Waals surface area contributed by atoms with Crippen molar-refractivity contribution in [2.75, 3.05) is 0 Å². The van der Waals surface area contributed by atoms with Crippen LogP contribution in [-0.2, 0) is 4.79 Å². The molecule has 1 N–H and O–H groups in total. The van der Waals surface area contributed by atoms with Crippen molar-refractivity contribution in [3.63, 3.8) is 0 Å². The van der Waals surface area contributed by atoms with Crippen LogP contribution in [0, 0.1) is 13.8 Å². The Labute approximate surface area is 103 Å². The summed E-state index contributed by atoms with van der Waals surface area (Å²) in [5.41, 5.74) is 2.27. The number of carbonyl (C=O) groups is 1. The maximum atomic E-state index is 12.1. The third kappa shape index (κ3) is 2.15. The highest BCUT2D eigenvalue weighted by atomic mass is 16.4. The van der Waals surface area contributed by atoms with Crippen molar-refractivity contribution in [1.29, 1.82) is 0 Å². The molecule has 0 saturated carbocycles. The SMILES string of the molecule is Cc1cc(C)c2ncn(C=CC(=O)O)c(=O)c2c1. The fourth-order valence-corrected chi connectivity index (χ4v) is 1.86. The average molecular weight is 244 g/mol. The number of aliphatic carboxylic acids is 1. The van der Waals surface area contributed by atoms with Gasteiger partial charge in [-0.25, -0.2) is 9.78 Å². The lowest BCUT2D eigenvalue weighted by Crippen LogP contribution is -2.16. The second-order valence-corrected chi connectivity index (χ2v) is 4.09. The summed E-state index contributed by atoms with van der Waals surface area (Å²) in [6, 6.07) is 3.70. The number of fused-ring (bicyclic) bond motifs is 1. The molecule has 0 aliphatic heterocycles. The number of hydrogen-bond acceptors (Lipinski definition) is 3. The molecule has 1 aromatic heterocycles. The van der Waals surface area contributed by atoms with E-state index >= 15 is 0 Å². The Hall–Kier alpha value is -2.43. The van der Waals surface area contributed by atoms with Gasteiger partial charge in [0.15, 0.2) is 0 Å². The lowest BCUT2D eigenvalue weighted by molar-refractivity contribution is -0.131. The van der Waals surface area contributed by atoms with E-state index in [0.29, 0.717) is 10.9 Å². The molecule has 0 unspecified atom stereocenters. The number of hydrogen-bond donors (Lipinski definition) is 1. The average Bonchev–Trinajstić information content (AvgIpc) is 2.29. The summed E-state index contributed by atoms with van der Waals surface area (Å²) in [6.07, 6.45) is 3.42. The Morgan fingerprint density at radius 2 is 2.11 bits per heavy atom. The quantitative estimate of drug-likeness (QED) is 0.814. The molecule has 5 nitrogen and oxygen atoms in total. The molecule has 0 aliphatic carbocycles. The normalized spacial score (nSPS) is 11.2. The molecule has 0 aliphatic rings. The predicted molar refractivity (Wildman–Crippen MR) is 68.4 cm³/mol. The molecule has 0 amide bonds. The number of benzene rings is 1. The number of aromatic nitrogens is 2. The second-order valence-electron chi connectivity index (χ2n) is 4.09. The van der Waals surface area contributed by atoms with Gasteiger partial charge < -0.3 is 5.11 Å². The molecule has 0 bridgehead atoms. The largest absolute Gasteiger partial charge is 0.478 e. The van der Waals surface area contributed by atoms with Crippen LogP contribution in [0.2, 0.25) is 0 Å². The highest BCUT2D eigenvalue weighted by Crippen LogP contribution is 2.14. The van der Waals surface area contributed by atoms with Crippen molar-refractivity contribution >= 4 is 23.1 Å². The first-order valence-corrected chi connectivity index (χ1v) is 5.38. The number of carboxylic acids is 1. The zero-order chi connectivity index (χ0) is 13.3. The summed E-state index contributed by atoms with van der Waals surface area (Å²) in [7, 11) is 0. The molecule has 18 heavy (non-hydrogen) atoms. The van der Waals surface area contributed by atoms with Gasteiger partial charge in [-0.1, -0.05) is 6.07 Å². The molecule has 2 aromatic rings. The van der Waals surface area contributed by atoms with Crippen LogP contribution in [0.3, 0.4) is 0 Å². The summed E-state index contributed by atoms with van der Waals surface area (Å²) in [4.78, 5) is 26.7. The van der Waals surface area contributed by atoms with Crippen LogP contribution < -0.4 is 5.56 Å². The number of nitrogens with zero attached hydrogens (tertiary/aromatic N) is 2. The van der Waals surface area contributed by atoms with Gasteiger partial charge in [0.1, 0.15) is 6.33 Å². The van der Waals surface area contributed by atoms with E-state index in [1.807, 2.05) is 19.9 Å². The molecule has 0 radical (unpaired) electrons. The molecule has 1 heterocycles. The van der Waals surface area contributed by atoms with Crippen LogP contribution in [0.4, 0.5) is 0 Å². The number of aryl methyl sites for hydroxylation is 2. The van der Waals surface area contributed by atoms with E-state index in [-0.39, 0.29) is 5.56 Å². The molecule has 0 saturated heterocycles. The Bertz CT molecular complexity index is 714. The molecular weight excluding hydrogens is 232 g/mol. The molecule has 0 fully saturated rings. The Kier molecular flexibility index (Phi) is 2.97. The molecule has 1 aromatic carbocycles. The highest BCUT2D eigenvalue weighted by molar-refractivity contribution is 5.84. The van der Waals surface area contributed by atoms with Crippen LogP contribution in [0.5, 0.6) is 0 Å². The van der Waals surface area contributed by atoms with Gasteiger partial charge in [-0.15, -0.1) is 0 Å². The van der Waals surface area contributed by atoms with E-state index in [0.717, 1.165) is 21.8 Å². The minimum absolute atomic E-state index is 0.274. The first-order chi connectivity index (χ1) is 8.49. The fourth-order valence-electron chi connectivity index (χ4n) is 1.86. The minimum atomic E-state index is -1.11. The monoisotopic (exact) mass is 244 g/mol. The Morgan fingerprint density at radius 3 is 2.78 bits per heavy atom. The zero-order valence-electron chi connectivity index (χ0n) is 10.0. The summed E-state index contributed by atoms with van der Waals surface area (Å²) < 4.78 is 1.16. The van der Waals surface area contributed by atoms with Gasteiger partial charge in [-0.2, -0.15) is 0 Å². The van der Waals surface area contributed by atoms with Crippen LogP contribution in [0.1, 0.15) is 11.1 Å². The molecule has 0 atom stereocenters. The van der Waals surface area contributed by atoms with Crippen molar-refractivity contribution in [2.45, 2.75) is 13.8 Å². The Morgan fingerprint density at radius 1 is 1.39 bits per heavy atom. The van der Waals surface area contributed by atoms with Crippen LogP contribution in [0.15, 0.2) is 29.3 Å². The summed E-state index contributed by atoms with van der Waals surface area (Å²) in [5.74, 6) is -1.11. The van der Waals surface area contributed by atoms with Crippen LogP contribution >= 0.6 is 0 Å². The smallest absolute Gasteiger partial charge is 0.329 e. The standard InChI is InChI=1S/C13H12N2O3/c1-8-5-9(2)12-10(6-8)13(18)15(7-14-12)4-3-11(16)17/h3-7H,1-2H3,(H,16,17). The third-order valence-electron chi connectivity index (χ3n) is 2.60. The van der Waals surface area contributed by atoms with Crippen LogP contribution in [0.25, 0.3) is 17.1 Å². The predicted octanol–water partition coefficient (Wildman–Crippen LogP) is 1.57. The maximum absolute atomic E-state index is 12.1. The molecule has 5 heteroatoms. The van der Waals surface area contributed by atoms with Gasteiger partial charge >= 0.3 is 5.97 Å². The van der Waals surface area contributed by atoms with Gasteiger partial charge in [0, 0.05) is 12.3 Å². The van der Waals surface area contributed by atoms with Gasteiger partial charge in [0.05, 0.1) is 10.9 Å². The summed E-state index contributed by atoms with van der Waals surface area (Å²) >= 11 is 0. The van der Waals surface area contributed by atoms with Gasteiger partial charge in [0.25, 0.3) is 5.56 Å². The van der Waals surface area contributed by atoms with Gasteiger partial charge in [0.2, 0.25) is 0 Å². The highest BCUT2D eigenvalue weighted by Gasteiger charge is 2.05. The summed E-state index contributed by atoms with van der Waals surface area (Å²) in [6.45, 7) is 3.79. The van der Waals surface area contributed by atoms with Gasteiger partial charge in [-0.05, 0) is 31.0 Å². The lowest BCUT2D eigenvalue weighted by atomic mass is 10.1. The molecular formula is C13H12N2O3. The van der Waals surface area contributed by atoms with Crippen LogP contribution in [-0.4, -0.2) is 20.6 Å². The van der Waals surface area contributed by atoms with E-state index in [2.05, 4.69) is 4.98 Å². The van der Waals surface area contributed by atoms with E-state index in [1.165, 1.54) is 12.5 Å². The van der Waals surface area contributed by atoms with E-state index < -0.39 is 5.97 Å². The number of carboxylic acid groups (broad SMARTS) is 1. The van der Waals surface area contributed by atoms with E-state index in [9.17, 15) is 9.59 Å². The maximum Gasteiger partial charge on any atom is 0.329 e. The first kappa shape index (κ1) is 12.0. The van der Waals surface area contributed by atoms with Crippen molar-refractivity contribution < 1.29 is 9.90 Å². The Balaban J connectivity index is 2.71. The fraction of sp³-hybridized carbons (Fsp3) is 0.154. The van der Waals surface area contributed by atoms with Crippen molar-refractivity contribution in [3.8, 4) is 0 Å².